The monoisotopic (exact) mass is 236 g/mol. The third kappa shape index (κ3) is 1.41. The van der Waals surface area contributed by atoms with Crippen molar-refractivity contribution in [3.8, 4) is 0 Å². The molecule has 0 radical (unpaired) electrons. The number of nitrogens with one attached hydrogen (secondary N) is 1. The van der Waals surface area contributed by atoms with E-state index >= 15 is 0 Å². The molecule has 1 atom stereocenters. The van der Waals surface area contributed by atoms with Crippen LogP contribution in [0.15, 0.2) is 13.8 Å². The van der Waals surface area contributed by atoms with Gasteiger partial charge in [0.05, 0.1) is 0 Å². The smallest absolute Gasteiger partial charge is 0.328 e. The quantitative estimate of drug-likeness (QED) is 0.660. The second-order valence-corrected chi connectivity index (χ2v) is 2.82. The van der Waals surface area contributed by atoms with Gasteiger partial charge in [0, 0.05) is 0 Å². The van der Waals surface area contributed by atoms with E-state index < -0.39 is 17.6 Å². The molecule has 1 rings (SSSR count). The van der Waals surface area contributed by atoms with Crippen molar-refractivity contribution in [3.63, 3.8) is 0 Å². The summed E-state index contributed by atoms with van der Waals surface area (Å²) in [6, 6.07) is -1.33. The van der Waals surface area contributed by atoms with Crippen LogP contribution in [0.25, 0.3) is 0 Å². The summed E-state index contributed by atoms with van der Waals surface area (Å²) in [5.41, 5.74) is 4.63. The van der Waals surface area contributed by atoms with Crippen molar-refractivity contribution in [1.29, 1.82) is 0 Å². The summed E-state index contributed by atoms with van der Waals surface area (Å²) >= 11 is 2.84. The highest BCUT2D eigenvalue weighted by Crippen LogP contribution is 2.17. The molecule has 0 aliphatic carbocycles. The van der Waals surface area contributed by atoms with Crippen LogP contribution in [-0.2, 0) is 4.79 Å². The number of carbonyl (C=O) groups is 1. The molecule has 0 aromatic carbocycles. The topological polar surface area (TPSA) is 109 Å². The summed E-state index contributed by atoms with van der Waals surface area (Å²) in [7, 11) is 0. The van der Waals surface area contributed by atoms with Crippen molar-refractivity contribution in [2.75, 3.05) is 0 Å². The zero-order chi connectivity index (χ0) is 9.30. The largest absolute Gasteiger partial charge is 0.480 e. The fourth-order valence-corrected chi connectivity index (χ4v) is 1.02. The van der Waals surface area contributed by atoms with Crippen molar-refractivity contribution < 1.29 is 14.4 Å². The van der Waals surface area contributed by atoms with Crippen molar-refractivity contribution in [1.82, 2.24) is 5.16 Å². The van der Waals surface area contributed by atoms with Crippen LogP contribution >= 0.6 is 15.9 Å². The van der Waals surface area contributed by atoms with Gasteiger partial charge in [0.15, 0.2) is 11.8 Å². The minimum Gasteiger partial charge on any atom is -0.480 e. The van der Waals surface area contributed by atoms with Crippen LogP contribution in [0, 0.1) is 0 Å². The number of hydrogen-bond donors (Lipinski definition) is 3. The Labute approximate surface area is 74.5 Å². The summed E-state index contributed by atoms with van der Waals surface area (Å²) in [5, 5.41) is 10.4. The molecule has 12 heavy (non-hydrogen) atoms. The molecule has 0 aliphatic rings. The molecular formula is C5H5BrN2O4. The van der Waals surface area contributed by atoms with E-state index in [2.05, 4.69) is 20.5 Å². The zero-order valence-electron chi connectivity index (χ0n) is 5.70. The number of carboxylic acid groups (broad SMARTS) is 1. The van der Waals surface area contributed by atoms with Gasteiger partial charge in [0.1, 0.15) is 4.47 Å². The molecule has 1 aromatic heterocycles. The fraction of sp³-hybridized carbons (Fsp3) is 0.200. The van der Waals surface area contributed by atoms with Crippen LogP contribution in [0.5, 0.6) is 0 Å². The Morgan fingerprint density at radius 2 is 2.33 bits per heavy atom. The first-order valence-electron chi connectivity index (χ1n) is 2.89. The van der Waals surface area contributed by atoms with E-state index in [9.17, 15) is 9.59 Å². The molecule has 0 saturated carbocycles. The molecular weight excluding hydrogens is 232 g/mol. The highest BCUT2D eigenvalue weighted by molar-refractivity contribution is 9.10. The first-order chi connectivity index (χ1) is 5.54. The predicted octanol–water partition coefficient (Wildman–Crippen LogP) is -0.185. The van der Waals surface area contributed by atoms with Crippen molar-refractivity contribution in [3.05, 3.63) is 20.6 Å². The Balaban J connectivity index is 3.11. The van der Waals surface area contributed by atoms with E-state index in [0.717, 1.165) is 0 Å². The Kier molecular flexibility index (Phi) is 2.34. The number of aromatic nitrogens is 1. The molecule has 1 heterocycles. The van der Waals surface area contributed by atoms with E-state index in [-0.39, 0.29) is 10.2 Å². The van der Waals surface area contributed by atoms with Crippen LogP contribution in [0.1, 0.15) is 11.8 Å². The normalized spacial score (nSPS) is 12.8. The SMILES string of the molecule is N[C@H](C(=O)O)c1o[nH]c(=O)c1Br. The molecule has 6 nitrogen and oxygen atoms in total. The lowest BCUT2D eigenvalue weighted by molar-refractivity contribution is -0.139. The van der Waals surface area contributed by atoms with Gasteiger partial charge in [0.2, 0.25) is 0 Å². The van der Waals surface area contributed by atoms with Crippen molar-refractivity contribution >= 4 is 21.9 Å². The molecule has 4 N–H and O–H groups in total. The fourth-order valence-electron chi connectivity index (χ4n) is 0.615. The first-order valence-corrected chi connectivity index (χ1v) is 3.68. The van der Waals surface area contributed by atoms with Crippen molar-refractivity contribution in [2.45, 2.75) is 6.04 Å². The van der Waals surface area contributed by atoms with Gasteiger partial charge in [-0.25, -0.2) is 0 Å². The number of aliphatic carboxylic acids is 1. The standard InChI is InChI=1S/C5H5BrN2O4/c6-1-3(2(7)5(10)11)12-8-4(1)9/h2H,7H2,(H,8,9)(H,10,11)/t2-/m0/s1. The van der Waals surface area contributed by atoms with Gasteiger partial charge >= 0.3 is 5.97 Å². The van der Waals surface area contributed by atoms with Crippen LogP contribution in [0.2, 0.25) is 0 Å². The predicted molar refractivity (Wildman–Crippen MR) is 41.6 cm³/mol. The number of halogens is 1. The van der Waals surface area contributed by atoms with Crippen LogP contribution in [-0.4, -0.2) is 16.2 Å². The average molecular weight is 237 g/mol. The lowest BCUT2D eigenvalue weighted by Gasteiger charge is -1.99. The van der Waals surface area contributed by atoms with Gasteiger partial charge in [-0.3, -0.25) is 9.59 Å². The average Bonchev–Trinajstić information content (AvgIpc) is 2.32. The maximum atomic E-state index is 10.7. The van der Waals surface area contributed by atoms with Gasteiger partial charge in [0.25, 0.3) is 5.56 Å². The minimum atomic E-state index is -1.33. The molecule has 0 spiro atoms. The van der Waals surface area contributed by atoms with E-state index in [1.54, 1.807) is 0 Å². The van der Waals surface area contributed by atoms with E-state index in [1.165, 1.54) is 0 Å². The maximum Gasteiger partial charge on any atom is 0.328 e. The molecule has 66 valence electrons. The van der Waals surface area contributed by atoms with Gasteiger partial charge in [-0.1, -0.05) is 0 Å². The zero-order valence-corrected chi connectivity index (χ0v) is 7.29. The summed E-state index contributed by atoms with van der Waals surface area (Å²) < 4.78 is 4.54. The number of carboxylic acids is 1. The van der Waals surface area contributed by atoms with Gasteiger partial charge in [-0.05, 0) is 15.9 Å². The van der Waals surface area contributed by atoms with E-state index in [4.69, 9.17) is 10.8 Å². The van der Waals surface area contributed by atoms with E-state index in [1.807, 2.05) is 5.16 Å². The molecule has 0 saturated heterocycles. The Hall–Kier alpha value is -1.08. The Morgan fingerprint density at radius 3 is 2.67 bits per heavy atom. The van der Waals surface area contributed by atoms with Crippen LogP contribution < -0.4 is 11.3 Å². The second-order valence-electron chi connectivity index (χ2n) is 2.03. The molecule has 1 aromatic rings. The molecule has 7 heteroatoms. The summed E-state index contributed by atoms with van der Waals surface area (Å²) in [5.74, 6) is -1.38. The van der Waals surface area contributed by atoms with Gasteiger partial charge in [-0.2, -0.15) is 5.16 Å². The highest BCUT2D eigenvalue weighted by atomic mass is 79.9. The Morgan fingerprint density at radius 1 is 1.75 bits per heavy atom. The number of nitrogens with two attached hydrogens (primary N) is 1. The third-order valence-electron chi connectivity index (χ3n) is 1.22. The second kappa shape index (κ2) is 3.11. The van der Waals surface area contributed by atoms with Gasteiger partial charge < -0.3 is 15.4 Å². The highest BCUT2D eigenvalue weighted by Gasteiger charge is 2.23. The number of rotatable bonds is 2. The van der Waals surface area contributed by atoms with E-state index in [0.29, 0.717) is 0 Å². The van der Waals surface area contributed by atoms with Crippen LogP contribution in [0.4, 0.5) is 0 Å². The summed E-state index contributed by atoms with van der Waals surface area (Å²) in [4.78, 5) is 21.1. The van der Waals surface area contributed by atoms with Gasteiger partial charge in [-0.15, -0.1) is 0 Å². The number of hydrogen-bond acceptors (Lipinski definition) is 4. The number of H-pyrrole nitrogens is 1. The minimum absolute atomic E-state index is 0.0115. The molecule has 0 bridgehead atoms. The number of aromatic amines is 1. The molecule has 0 fully saturated rings. The lowest BCUT2D eigenvalue weighted by atomic mass is 10.2. The third-order valence-corrected chi connectivity index (χ3v) is 1.97. The van der Waals surface area contributed by atoms with Crippen molar-refractivity contribution in [2.24, 2.45) is 5.73 Å². The summed E-state index contributed by atoms with van der Waals surface area (Å²) in [6.45, 7) is 0. The molecule has 0 aliphatic heterocycles. The first kappa shape index (κ1) is 9.01. The maximum absolute atomic E-state index is 10.7. The lowest BCUT2D eigenvalue weighted by Crippen LogP contribution is -2.20. The molecule has 0 unspecified atom stereocenters. The molecule has 0 amide bonds. The Bertz CT molecular complexity index is 355. The van der Waals surface area contributed by atoms with Crippen LogP contribution in [0.3, 0.4) is 0 Å². The summed E-state index contributed by atoms with van der Waals surface area (Å²) in [6.07, 6.45) is 0.